The molecule has 0 saturated carbocycles. The van der Waals surface area contributed by atoms with Gasteiger partial charge in [0.15, 0.2) is 5.69 Å². The van der Waals surface area contributed by atoms with Gasteiger partial charge >= 0.3 is 0 Å². The van der Waals surface area contributed by atoms with Crippen molar-refractivity contribution in [3.05, 3.63) is 54.2 Å². The largest absolute Gasteiger partial charge is 0.444 e. The van der Waals surface area contributed by atoms with Crippen LogP contribution in [-0.2, 0) is 0 Å². The average Bonchev–Trinajstić information content (AvgIpc) is 3.46. The van der Waals surface area contributed by atoms with Gasteiger partial charge in [-0.3, -0.25) is 4.79 Å². The van der Waals surface area contributed by atoms with E-state index in [2.05, 4.69) is 63.0 Å². The molecule has 1 amide bonds. The van der Waals surface area contributed by atoms with E-state index in [0.717, 1.165) is 53.9 Å². The Balaban J connectivity index is 1.47. The van der Waals surface area contributed by atoms with Crippen LogP contribution >= 0.6 is 0 Å². The van der Waals surface area contributed by atoms with Crippen molar-refractivity contribution >= 4 is 22.6 Å². The number of aromatic amines is 1. The molecule has 1 aliphatic heterocycles. The first-order valence-electron chi connectivity index (χ1n) is 11.1. The van der Waals surface area contributed by atoms with Gasteiger partial charge in [0.2, 0.25) is 5.89 Å². The van der Waals surface area contributed by atoms with Crippen molar-refractivity contribution in [1.29, 1.82) is 0 Å². The van der Waals surface area contributed by atoms with E-state index in [1.54, 1.807) is 14.1 Å². The number of benzene rings is 1. The summed E-state index contributed by atoms with van der Waals surface area (Å²) in [4.78, 5) is 30.7. The molecule has 4 heterocycles. The summed E-state index contributed by atoms with van der Waals surface area (Å²) in [6.07, 6.45) is 5.09. The summed E-state index contributed by atoms with van der Waals surface area (Å²) in [5, 5.41) is 0.902. The smallest absolute Gasteiger partial charge is 0.275 e. The van der Waals surface area contributed by atoms with Crippen LogP contribution in [-0.4, -0.2) is 78.0 Å². The number of anilines is 1. The molecule has 8 heteroatoms. The third kappa shape index (κ3) is 3.98. The first-order valence-corrected chi connectivity index (χ1v) is 11.1. The van der Waals surface area contributed by atoms with Crippen molar-refractivity contribution in [2.24, 2.45) is 0 Å². The van der Waals surface area contributed by atoms with E-state index in [4.69, 9.17) is 4.42 Å². The van der Waals surface area contributed by atoms with Gasteiger partial charge in [0.25, 0.3) is 5.91 Å². The summed E-state index contributed by atoms with van der Waals surface area (Å²) in [5.74, 6) is 0.201. The Bertz CT molecular complexity index is 1310. The molecule has 0 aliphatic carbocycles. The number of carbonyl (C=O) groups excluding carboxylic acids is 1. The second-order valence-electron chi connectivity index (χ2n) is 8.85. The van der Waals surface area contributed by atoms with Gasteiger partial charge in [-0.1, -0.05) is 6.07 Å². The highest BCUT2D eigenvalue weighted by Crippen LogP contribution is 2.32. The van der Waals surface area contributed by atoms with Crippen molar-refractivity contribution in [2.45, 2.75) is 6.92 Å². The molecule has 170 valence electrons. The summed E-state index contributed by atoms with van der Waals surface area (Å²) in [6, 6.07) is 8.69. The SMILES string of the molecule is Cc1cc(-c2cnc3[nH]cc(-c4nc(C(=O)N(C)C)co4)c3c2)ccc1N1CCN(C)CC1. The highest BCUT2D eigenvalue weighted by atomic mass is 16.3. The standard InChI is InChI=1S/C25H28N6O2/c1-16-11-17(5-6-22(16)31-9-7-30(4)8-10-31)18-12-19-20(14-27-23(19)26-13-18)24-28-21(15-33-24)25(32)29(2)3/h5-6,11-15H,7-10H2,1-4H3,(H,26,27). The number of H-pyrrole nitrogens is 1. The number of aryl methyl sites for hydroxylation is 1. The zero-order chi connectivity index (χ0) is 23.1. The lowest BCUT2D eigenvalue weighted by molar-refractivity contribution is 0.0822. The second kappa shape index (κ2) is 8.37. The Morgan fingerprint density at radius 1 is 1.12 bits per heavy atom. The lowest BCUT2D eigenvalue weighted by atomic mass is 10.0. The summed E-state index contributed by atoms with van der Waals surface area (Å²) in [5.41, 5.74) is 6.49. The van der Waals surface area contributed by atoms with Crippen molar-refractivity contribution in [2.75, 3.05) is 52.2 Å². The lowest BCUT2D eigenvalue weighted by Gasteiger charge is -2.35. The fraction of sp³-hybridized carbons (Fsp3) is 0.320. The summed E-state index contributed by atoms with van der Waals surface area (Å²) in [7, 11) is 5.55. The number of likely N-dealkylation sites (N-methyl/N-ethyl adjacent to an activating group) is 1. The van der Waals surface area contributed by atoms with Gasteiger partial charge in [-0.15, -0.1) is 0 Å². The molecule has 1 aromatic carbocycles. The average molecular weight is 445 g/mol. The number of aromatic nitrogens is 3. The van der Waals surface area contributed by atoms with Crippen LogP contribution in [0.2, 0.25) is 0 Å². The molecule has 0 unspecified atom stereocenters. The number of hydrogen-bond acceptors (Lipinski definition) is 6. The van der Waals surface area contributed by atoms with Gasteiger partial charge in [-0.2, -0.15) is 0 Å². The molecule has 0 radical (unpaired) electrons. The molecule has 1 N–H and O–H groups in total. The summed E-state index contributed by atoms with van der Waals surface area (Å²) in [6.45, 7) is 6.43. The first kappa shape index (κ1) is 21.2. The molecule has 4 aromatic rings. The van der Waals surface area contributed by atoms with Crippen molar-refractivity contribution in [1.82, 2.24) is 24.8 Å². The highest BCUT2D eigenvalue weighted by Gasteiger charge is 2.19. The van der Waals surface area contributed by atoms with E-state index in [0.29, 0.717) is 5.89 Å². The zero-order valence-corrected chi connectivity index (χ0v) is 19.4. The van der Waals surface area contributed by atoms with E-state index in [1.165, 1.54) is 22.4 Å². The van der Waals surface area contributed by atoms with Crippen LogP contribution in [0.15, 0.2) is 47.3 Å². The number of oxazole rings is 1. The topological polar surface area (TPSA) is 81.5 Å². The van der Waals surface area contributed by atoms with E-state index >= 15 is 0 Å². The molecule has 0 spiro atoms. The molecule has 3 aromatic heterocycles. The maximum Gasteiger partial charge on any atom is 0.275 e. The van der Waals surface area contributed by atoms with Crippen LogP contribution in [0.4, 0.5) is 5.69 Å². The van der Waals surface area contributed by atoms with E-state index in [1.807, 2.05) is 12.4 Å². The minimum absolute atomic E-state index is 0.195. The van der Waals surface area contributed by atoms with Crippen LogP contribution in [0.1, 0.15) is 16.1 Å². The van der Waals surface area contributed by atoms with Gasteiger partial charge in [0.05, 0.1) is 5.56 Å². The number of carbonyl (C=O) groups is 1. The minimum Gasteiger partial charge on any atom is -0.444 e. The number of pyridine rings is 1. The van der Waals surface area contributed by atoms with Gasteiger partial charge in [0, 0.05) is 69.3 Å². The maximum atomic E-state index is 12.2. The highest BCUT2D eigenvalue weighted by molar-refractivity contribution is 5.96. The molecule has 1 aliphatic rings. The van der Waals surface area contributed by atoms with Gasteiger partial charge in [0.1, 0.15) is 11.9 Å². The quantitative estimate of drug-likeness (QED) is 0.518. The minimum atomic E-state index is -0.195. The van der Waals surface area contributed by atoms with Crippen LogP contribution in [0.25, 0.3) is 33.6 Å². The number of hydrogen-bond donors (Lipinski definition) is 1. The van der Waals surface area contributed by atoms with Gasteiger partial charge in [-0.05, 0) is 43.3 Å². The Labute approximate surface area is 192 Å². The summed E-state index contributed by atoms with van der Waals surface area (Å²) < 4.78 is 5.63. The number of piperazine rings is 1. The molecule has 8 nitrogen and oxygen atoms in total. The monoisotopic (exact) mass is 444 g/mol. The molecule has 1 fully saturated rings. The molecule has 5 rings (SSSR count). The fourth-order valence-corrected chi connectivity index (χ4v) is 4.30. The van der Waals surface area contributed by atoms with Gasteiger partial charge < -0.3 is 24.1 Å². The fourth-order valence-electron chi connectivity index (χ4n) is 4.30. The molecule has 1 saturated heterocycles. The van der Waals surface area contributed by atoms with Crippen LogP contribution in [0, 0.1) is 6.92 Å². The normalized spacial score (nSPS) is 14.7. The van der Waals surface area contributed by atoms with Crippen LogP contribution < -0.4 is 4.90 Å². The van der Waals surface area contributed by atoms with Crippen molar-refractivity contribution < 1.29 is 9.21 Å². The van der Waals surface area contributed by atoms with Crippen LogP contribution in [0.5, 0.6) is 0 Å². The molecular weight excluding hydrogens is 416 g/mol. The predicted molar refractivity (Wildman–Crippen MR) is 129 cm³/mol. The van der Waals surface area contributed by atoms with E-state index in [9.17, 15) is 4.79 Å². The third-order valence-electron chi connectivity index (χ3n) is 6.27. The number of rotatable bonds is 4. The van der Waals surface area contributed by atoms with Gasteiger partial charge in [-0.25, -0.2) is 9.97 Å². The number of nitrogens with one attached hydrogen (secondary N) is 1. The zero-order valence-electron chi connectivity index (χ0n) is 19.4. The molecule has 0 bridgehead atoms. The maximum absolute atomic E-state index is 12.2. The Morgan fingerprint density at radius 3 is 2.64 bits per heavy atom. The second-order valence-corrected chi connectivity index (χ2v) is 8.85. The molecule has 0 atom stereocenters. The van der Waals surface area contributed by atoms with E-state index in [-0.39, 0.29) is 11.6 Å². The summed E-state index contributed by atoms with van der Waals surface area (Å²) >= 11 is 0. The van der Waals surface area contributed by atoms with E-state index < -0.39 is 0 Å². The Morgan fingerprint density at radius 2 is 1.91 bits per heavy atom. The molecule has 33 heavy (non-hydrogen) atoms. The van der Waals surface area contributed by atoms with Crippen LogP contribution in [0.3, 0.4) is 0 Å². The third-order valence-corrected chi connectivity index (χ3v) is 6.27. The van der Waals surface area contributed by atoms with Crippen molar-refractivity contribution in [3.8, 4) is 22.6 Å². The Kier molecular flexibility index (Phi) is 5.38. The molecular formula is C25H28N6O2. The predicted octanol–water partition coefficient (Wildman–Crippen LogP) is 3.65. The number of amides is 1. The Hall–Kier alpha value is -3.65. The first-order chi connectivity index (χ1) is 15.9. The van der Waals surface area contributed by atoms with Crippen molar-refractivity contribution in [3.63, 3.8) is 0 Å². The number of nitrogens with zero attached hydrogens (tertiary/aromatic N) is 5. The lowest BCUT2D eigenvalue weighted by Crippen LogP contribution is -2.44. The number of fused-ring (bicyclic) bond motifs is 1.